The summed E-state index contributed by atoms with van der Waals surface area (Å²) in [6, 6.07) is 3.53. The van der Waals surface area contributed by atoms with Gasteiger partial charge in [0, 0.05) is 12.0 Å². The first-order valence-electron chi connectivity index (χ1n) is 4.80. The van der Waals surface area contributed by atoms with Crippen LogP contribution in [0, 0.1) is 0 Å². The molecule has 1 heterocycles. The van der Waals surface area contributed by atoms with E-state index in [1.54, 1.807) is 12.1 Å². The Morgan fingerprint density at radius 3 is 2.75 bits per heavy atom. The van der Waals surface area contributed by atoms with Gasteiger partial charge in [-0.2, -0.15) is 0 Å². The standard InChI is InChI=1S/C11H12O5/c1-14-7-4-3-6-5-8(11(12)13)16-9(6)10(7)15-2/h3-4,8H,5H2,1-2H3,(H,12,13)/t8-/m0/s1. The van der Waals surface area contributed by atoms with Crippen molar-refractivity contribution in [2.75, 3.05) is 14.2 Å². The van der Waals surface area contributed by atoms with Gasteiger partial charge >= 0.3 is 5.97 Å². The molecule has 1 aromatic carbocycles. The summed E-state index contributed by atoms with van der Waals surface area (Å²) in [7, 11) is 3.02. The lowest BCUT2D eigenvalue weighted by molar-refractivity contribution is -0.144. The molecule has 1 aliphatic heterocycles. The molecule has 0 fully saturated rings. The van der Waals surface area contributed by atoms with Crippen molar-refractivity contribution in [3.63, 3.8) is 0 Å². The van der Waals surface area contributed by atoms with Crippen LogP contribution in [0.2, 0.25) is 0 Å². The first kappa shape index (κ1) is 10.6. The molecule has 0 radical (unpaired) electrons. The molecule has 0 saturated heterocycles. The molecule has 0 spiro atoms. The lowest BCUT2D eigenvalue weighted by atomic mass is 10.1. The van der Waals surface area contributed by atoms with Gasteiger partial charge in [-0.1, -0.05) is 6.07 Å². The van der Waals surface area contributed by atoms with Gasteiger partial charge in [-0.3, -0.25) is 0 Å². The lowest BCUT2D eigenvalue weighted by Gasteiger charge is -2.11. The number of fused-ring (bicyclic) bond motifs is 1. The predicted molar refractivity (Wildman–Crippen MR) is 55.3 cm³/mol. The van der Waals surface area contributed by atoms with Crippen LogP contribution in [0.5, 0.6) is 17.2 Å². The van der Waals surface area contributed by atoms with E-state index in [4.69, 9.17) is 19.3 Å². The Morgan fingerprint density at radius 1 is 1.44 bits per heavy atom. The maximum atomic E-state index is 10.8. The zero-order valence-corrected chi connectivity index (χ0v) is 9.02. The molecule has 0 saturated carbocycles. The van der Waals surface area contributed by atoms with E-state index in [0.717, 1.165) is 5.56 Å². The quantitative estimate of drug-likeness (QED) is 0.832. The van der Waals surface area contributed by atoms with Crippen molar-refractivity contribution < 1.29 is 24.1 Å². The van der Waals surface area contributed by atoms with E-state index in [-0.39, 0.29) is 0 Å². The van der Waals surface area contributed by atoms with E-state index in [1.807, 2.05) is 0 Å². The third kappa shape index (κ3) is 1.54. The van der Waals surface area contributed by atoms with Gasteiger partial charge in [0.1, 0.15) is 0 Å². The zero-order chi connectivity index (χ0) is 11.7. The molecule has 0 aromatic heterocycles. The molecule has 2 rings (SSSR count). The van der Waals surface area contributed by atoms with Crippen molar-refractivity contribution in [1.82, 2.24) is 0 Å². The van der Waals surface area contributed by atoms with Crippen molar-refractivity contribution in [3.05, 3.63) is 17.7 Å². The number of carbonyl (C=O) groups is 1. The fraction of sp³-hybridized carbons (Fsp3) is 0.364. The Bertz CT molecular complexity index is 427. The first-order chi connectivity index (χ1) is 7.67. The van der Waals surface area contributed by atoms with Gasteiger partial charge in [-0.25, -0.2) is 4.79 Å². The summed E-state index contributed by atoms with van der Waals surface area (Å²) in [6.07, 6.45) is -0.485. The van der Waals surface area contributed by atoms with Crippen LogP contribution in [0.25, 0.3) is 0 Å². The lowest BCUT2D eigenvalue weighted by Crippen LogP contribution is -2.24. The van der Waals surface area contributed by atoms with Crippen molar-refractivity contribution in [3.8, 4) is 17.2 Å². The summed E-state index contributed by atoms with van der Waals surface area (Å²) < 4.78 is 15.6. The second kappa shape index (κ2) is 3.92. The monoisotopic (exact) mass is 224 g/mol. The third-order valence-corrected chi connectivity index (χ3v) is 2.52. The third-order valence-electron chi connectivity index (χ3n) is 2.52. The summed E-state index contributed by atoms with van der Waals surface area (Å²) in [5.41, 5.74) is 0.824. The SMILES string of the molecule is COc1ccc2c(c1OC)O[C@H](C(=O)O)C2. The minimum Gasteiger partial charge on any atom is -0.493 e. The van der Waals surface area contributed by atoms with Crippen LogP contribution in [0.3, 0.4) is 0 Å². The van der Waals surface area contributed by atoms with E-state index >= 15 is 0 Å². The van der Waals surface area contributed by atoms with Crippen molar-refractivity contribution >= 4 is 5.97 Å². The average molecular weight is 224 g/mol. The van der Waals surface area contributed by atoms with Gasteiger partial charge in [0.15, 0.2) is 17.6 Å². The number of carboxylic acid groups (broad SMARTS) is 1. The van der Waals surface area contributed by atoms with Crippen LogP contribution < -0.4 is 14.2 Å². The van der Waals surface area contributed by atoms with Gasteiger partial charge in [0.05, 0.1) is 14.2 Å². The summed E-state index contributed by atoms with van der Waals surface area (Å²) >= 11 is 0. The highest BCUT2D eigenvalue weighted by Crippen LogP contribution is 2.44. The smallest absolute Gasteiger partial charge is 0.345 e. The van der Waals surface area contributed by atoms with Crippen LogP contribution >= 0.6 is 0 Å². The number of ether oxygens (including phenoxy) is 3. The molecule has 0 bridgehead atoms. The maximum absolute atomic E-state index is 10.8. The van der Waals surface area contributed by atoms with Crippen LogP contribution in [-0.4, -0.2) is 31.4 Å². The number of rotatable bonds is 3. The summed E-state index contributed by atoms with van der Waals surface area (Å²) in [5.74, 6) is 0.475. The minimum atomic E-state index is -0.975. The number of carboxylic acids is 1. The van der Waals surface area contributed by atoms with Crippen LogP contribution in [0.4, 0.5) is 0 Å². The summed E-state index contributed by atoms with van der Waals surface area (Å²) in [4.78, 5) is 10.8. The number of methoxy groups -OCH3 is 2. The van der Waals surface area contributed by atoms with E-state index in [1.165, 1.54) is 14.2 Å². The predicted octanol–water partition coefficient (Wildman–Crippen LogP) is 1.09. The molecule has 0 amide bonds. The van der Waals surface area contributed by atoms with Crippen LogP contribution in [0.15, 0.2) is 12.1 Å². The average Bonchev–Trinajstić information content (AvgIpc) is 2.71. The number of hydrogen-bond donors (Lipinski definition) is 1. The Kier molecular flexibility index (Phi) is 2.60. The second-order valence-electron chi connectivity index (χ2n) is 3.44. The highest BCUT2D eigenvalue weighted by molar-refractivity contribution is 5.75. The van der Waals surface area contributed by atoms with Crippen molar-refractivity contribution in [2.45, 2.75) is 12.5 Å². The van der Waals surface area contributed by atoms with Crippen molar-refractivity contribution in [1.29, 1.82) is 0 Å². The Hall–Kier alpha value is -1.91. The molecule has 1 aliphatic rings. The molecule has 0 aliphatic carbocycles. The molecule has 1 N–H and O–H groups in total. The van der Waals surface area contributed by atoms with Gasteiger partial charge in [0.25, 0.3) is 0 Å². The van der Waals surface area contributed by atoms with Gasteiger partial charge in [0.2, 0.25) is 5.75 Å². The highest BCUT2D eigenvalue weighted by atomic mass is 16.6. The largest absolute Gasteiger partial charge is 0.493 e. The van der Waals surface area contributed by atoms with E-state index in [0.29, 0.717) is 23.7 Å². The number of benzene rings is 1. The van der Waals surface area contributed by atoms with Crippen LogP contribution in [0.1, 0.15) is 5.56 Å². The molecule has 0 unspecified atom stereocenters. The molecule has 5 nitrogen and oxygen atoms in total. The van der Waals surface area contributed by atoms with Gasteiger partial charge < -0.3 is 19.3 Å². The Balaban J connectivity index is 2.41. The normalized spacial score (nSPS) is 17.5. The Morgan fingerprint density at radius 2 is 2.19 bits per heavy atom. The van der Waals surface area contributed by atoms with E-state index < -0.39 is 12.1 Å². The molecular formula is C11H12O5. The topological polar surface area (TPSA) is 65.0 Å². The summed E-state index contributed by atoms with van der Waals surface area (Å²) in [6.45, 7) is 0. The molecule has 86 valence electrons. The highest BCUT2D eigenvalue weighted by Gasteiger charge is 2.32. The maximum Gasteiger partial charge on any atom is 0.345 e. The second-order valence-corrected chi connectivity index (χ2v) is 3.44. The fourth-order valence-electron chi connectivity index (χ4n) is 1.75. The van der Waals surface area contributed by atoms with Crippen LogP contribution in [-0.2, 0) is 11.2 Å². The first-order valence-corrected chi connectivity index (χ1v) is 4.80. The zero-order valence-electron chi connectivity index (χ0n) is 9.02. The number of hydrogen-bond acceptors (Lipinski definition) is 4. The van der Waals surface area contributed by atoms with E-state index in [2.05, 4.69) is 0 Å². The fourth-order valence-corrected chi connectivity index (χ4v) is 1.75. The molecule has 5 heteroatoms. The molecule has 16 heavy (non-hydrogen) atoms. The van der Waals surface area contributed by atoms with Gasteiger partial charge in [-0.15, -0.1) is 0 Å². The molecule has 1 atom stereocenters. The van der Waals surface area contributed by atoms with Crippen molar-refractivity contribution in [2.24, 2.45) is 0 Å². The molecular weight excluding hydrogens is 212 g/mol. The van der Waals surface area contributed by atoms with E-state index in [9.17, 15) is 4.79 Å². The summed E-state index contributed by atoms with van der Waals surface area (Å²) in [5, 5.41) is 8.88. The van der Waals surface area contributed by atoms with Gasteiger partial charge in [-0.05, 0) is 6.07 Å². The molecule has 1 aromatic rings. The Labute approximate surface area is 92.5 Å². The number of aliphatic carboxylic acids is 1. The minimum absolute atomic E-state index is 0.352.